The van der Waals surface area contributed by atoms with E-state index in [-0.39, 0.29) is 22.8 Å². The minimum Gasteiger partial charge on any atom is -0.373 e. The van der Waals surface area contributed by atoms with E-state index in [1.807, 2.05) is 20.8 Å². The predicted octanol–water partition coefficient (Wildman–Crippen LogP) is 2.44. The average Bonchev–Trinajstić information content (AvgIpc) is 2.06. The second kappa shape index (κ2) is 7.02. The maximum absolute atomic E-state index is 6.02. The molecule has 1 unspecified atom stereocenters. The molecule has 0 aromatic carbocycles. The highest BCUT2D eigenvalue weighted by atomic mass is 16.5. The molecule has 1 atom stereocenters. The van der Waals surface area contributed by atoms with Crippen LogP contribution in [0.15, 0.2) is 0 Å². The molecule has 4 N–H and O–H groups in total. The lowest BCUT2D eigenvalue weighted by molar-refractivity contribution is -0.0939. The van der Waals surface area contributed by atoms with E-state index in [2.05, 4.69) is 27.7 Å². The predicted molar refractivity (Wildman–Crippen MR) is 81.2 cm³/mol. The van der Waals surface area contributed by atoms with Crippen molar-refractivity contribution in [2.75, 3.05) is 13.2 Å². The largest absolute Gasteiger partial charge is 0.373 e. The first-order valence-corrected chi connectivity index (χ1v) is 7.15. The molecule has 0 rings (SSSR count). The van der Waals surface area contributed by atoms with Crippen LogP contribution in [0.4, 0.5) is 0 Å². The Morgan fingerprint density at radius 2 is 1.32 bits per heavy atom. The molecule has 0 aromatic heterocycles. The molecule has 0 amide bonds. The van der Waals surface area contributed by atoms with E-state index in [1.165, 1.54) is 0 Å². The van der Waals surface area contributed by atoms with Crippen LogP contribution in [0.1, 0.15) is 61.3 Å². The van der Waals surface area contributed by atoms with E-state index in [1.54, 1.807) is 0 Å². The van der Waals surface area contributed by atoms with Crippen LogP contribution >= 0.6 is 0 Å². The molecule has 19 heavy (non-hydrogen) atoms. The number of hydrogen-bond acceptors (Lipinski definition) is 4. The molecule has 0 aromatic rings. The van der Waals surface area contributed by atoms with Crippen LogP contribution in [0.3, 0.4) is 0 Å². The van der Waals surface area contributed by atoms with Gasteiger partial charge in [-0.2, -0.15) is 0 Å². The number of rotatable bonds is 9. The molecule has 0 aliphatic heterocycles. The second-order valence-corrected chi connectivity index (χ2v) is 7.56. The van der Waals surface area contributed by atoms with Gasteiger partial charge in [0.1, 0.15) is 0 Å². The van der Waals surface area contributed by atoms with Crippen molar-refractivity contribution in [2.24, 2.45) is 11.5 Å². The summed E-state index contributed by atoms with van der Waals surface area (Å²) in [5.74, 6) is 0. The van der Waals surface area contributed by atoms with Crippen LogP contribution in [-0.2, 0) is 9.47 Å². The third-order valence-electron chi connectivity index (χ3n) is 2.76. The second-order valence-electron chi connectivity index (χ2n) is 7.56. The van der Waals surface area contributed by atoms with Gasteiger partial charge in [0.2, 0.25) is 0 Å². The Labute approximate surface area is 119 Å². The van der Waals surface area contributed by atoms with Gasteiger partial charge in [0.05, 0.1) is 24.4 Å². The Balaban J connectivity index is 3.97. The lowest BCUT2D eigenvalue weighted by atomic mass is 9.90. The molecule has 0 spiro atoms. The first-order valence-electron chi connectivity index (χ1n) is 7.15. The van der Waals surface area contributed by atoms with Crippen molar-refractivity contribution in [1.29, 1.82) is 0 Å². The average molecular weight is 274 g/mol. The number of hydrogen-bond donors (Lipinski definition) is 2. The van der Waals surface area contributed by atoms with Crippen molar-refractivity contribution in [3.63, 3.8) is 0 Å². The molecule has 4 heteroatoms. The smallest absolute Gasteiger partial charge is 0.0708 e. The van der Waals surface area contributed by atoms with Gasteiger partial charge >= 0.3 is 0 Å². The van der Waals surface area contributed by atoms with Gasteiger partial charge in [-0.25, -0.2) is 0 Å². The topological polar surface area (TPSA) is 70.5 Å². The molecule has 116 valence electrons. The molecule has 0 bridgehead atoms. The molecule has 0 aliphatic carbocycles. The minimum atomic E-state index is -0.229. The van der Waals surface area contributed by atoms with Gasteiger partial charge in [0, 0.05) is 11.6 Å². The van der Waals surface area contributed by atoms with Crippen molar-refractivity contribution in [2.45, 2.75) is 84.1 Å². The fraction of sp³-hybridized carbons (Fsp3) is 1.00. The molecule has 0 saturated heterocycles. The zero-order valence-electron chi connectivity index (χ0n) is 13.9. The monoisotopic (exact) mass is 274 g/mol. The summed E-state index contributed by atoms with van der Waals surface area (Å²) in [6, 6.07) is 0.144. The standard InChI is InChI=1S/C15H34N2O2/c1-12(16)10-14(4,5)18-8-9-19-15(6,7)11-13(2,3)17/h12H,8-11,16-17H2,1-7H3. The Bertz CT molecular complexity index is 255. The van der Waals surface area contributed by atoms with E-state index in [0.717, 1.165) is 12.8 Å². The van der Waals surface area contributed by atoms with Gasteiger partial charge in [-0.3, -0.25) is 0 Å². The maximum Gasteiger partial charge on any atom is 0.0708 e. The summed E-state index contributed by atoms with van der Waals surface area (Å²) in [7, 11) is 0. The van der Waals surface area contributed by atoms with E-state index >= 15 is 0 Å². The maximum atomic E-state index is 6.02. The Kier molecular flexibility index (Phi) is 6.96. The van der Waals surface area contributed by atoms with Gasteiger partial charge in [-0.05, 0) is 61.3 Å². The highest BCUT2D eigenvalue weighted by Gasteiger charge is 2.27. The molecule has 0 heterocycles. The third kappa shape index (κ3) is 11.4. The van der Waals surface area contributed by atoms with Gasteiger partial charge in [0.15, 0.2) is 0 Å². The summed E-state index contributed by atoms with van der Waals surface area (Å²) in [6.45, 7) is 15.4. The molecule has 0 fully saturated rings. The molecular formula is C15H34N2O2. The Hall–Kier alpha value is -0.160. The van der Waals surface area contributed by atoms with Gasteiger partial charge in [0.25, 0.3) is 0 Å². The normalized spacial score (nSPS) is 15.6. The zero-order valence-corrected chi connectivity index (χ0v) is 13.9. The van der Waals surface area contributed by atoms with Crippen LogP contribution in [0.5, 0.6) is 0 Å². The molecule has 0 saturated carbocycles. The summed E-state index contributed by atoms with van der Waals surface area (Å²) >= 11 is 0. The molecule has 0 radical (unpaired) electrons. The SMILES string of the molecule is CC(N)CC(C)(C)OCCOC(C)(C)CC(C)(C)N. The fourth-order valence-corrected chi connectivity index (χ4v) is 2.62. The van der Waals surface area contributed by atoms with Crippen molar-refractivity contribution in [3.05, 3.63) is 0 Å². The quantitative estimate of drug-likeness (QED) is 0.634. The third-order valence-corrected chi connectivity index (χ3v) is 2.76. The first kappa shape index (κ1) is 18.8. The lowest BCUT2D eigenvalue weighted by Crippen LogP contribution is -2.42. The summed E-state index contributed by atoms with van der Waals surface area (Å²) in [4.78, 5) is 0. The summed E-state index contributed by atoms with van der Waals surface area (Å²) in [5.41, 5.74) is 11.2. The van der Waals surface area contributed by atoms with Crippen LogP contribution in [0, 0.1) is 0 Å². The van der Waals surface area contributed by atoms with Crippen molar-refractivity contribution in [3.8, 4) is 0 Å². The summed E-state index contributed by atoms with van der Waals surface area (Å²) in [5, 5.41) is 0. The van der Waals surface area contributed by atoms with E-state index in [4.69, 9.17) is 20.9 Å². The Morgan fingerprint density at radius 1 is 0.895 bits per heavy atom. The molecule has 4 nitrogen and oxygen atoms in total. The number of ether oxygens (including phenoxy) is 2. The first-order chi connectivity index (χ1) is 8.33. The van der Waals surface area contributed by atoms with E-state index < -0.39 is 0 Å². The zero-order chi connectivity index (χ0) is 15.3. The van der Waals surface area contributed by atoms with Crippen molar-refractivity contribution >= 4 is 0 Å². The molecule has 0 aliphatic rings. The van der Waals surface area contributed by atoms with Gasteiger partial charge < -0.3 is 20.9 Å². The highest BCUT2D eigenvalue weighted by molar-refractivity contribution is 4.83. The highest BCUT2D eigenvalue weighted by Crippen LogP contribution is 2.22. The number of nitrogens with two attached hydrogens (primary N) is 2. The van der Waals surface area contributed by atoms with Gasteiger partial charge in [-0.1, -0.05) is 0 Å². The molecular weight excluding hydrogens is 240 g/mol. The van der Waals surface area contributed by atoms with Crippen molar-refractivity contribution in [1.82, 2.24) is 0 Å². The van der Waals surface area contributed by atoms with E-state index in [9.17, 15) is 0 Å². The van der Waals surface area contributed by atoms with Crippen LogP contribution in [0.2, 0.25) is 0 Å². The lowest BCUT2D eigenvalue weighted by Gasteiger charge is -2.33. The van der Waals surface area contributed by atoms with E-state index in [0.29, 0.717) is 13.2 Å². The van der Waals surface area contributed by atoms with Crippen LogP contribution in [-0.4, -0.2) is 36.0 Å². The Morgan fingerprint density at radius 3 is 1.68 bits per heavy atom. The van der Waals surface area contributed by atoms with Crippen molar-refractivity contribution < 1.29 is 9.47 Å². The van der Waals surface area contributed by atoms with Gasteiger partial charge in [-0.15, -0.1) is 0 Å². The van der Waals surface area contributed by atoms with Crippen LogP contribution in [0.25, 0.3) is 0 Å². The van der Waals surface area contributed by atoms with Crippen LogP contribution < -0.4 is 11.5 Å². The summed E-state index contributed by atoms with van der Waals surface area (Å²) < 4.78 is 11.7. The minimum absolute atomic E-state index is 0.144. The fourth-order valence-electron chi connectivity index (χ4n) is 2.62. The summed E-state index contributed by atoms with van der Waals surface area (Å²) in [6.07, 6.45) is 1.65.